The summed E-state index contributed by atoms with van der Waals surface area (Å²) in [5, 5.41) is 3.84. The molecular formula is C17H19N3O2S. The van der Waals surface area contributed by atoms with Crippen molar-refractivity contribution in [3.63, 3.8) is 0 Å². The third-order valence-electron chi connectivity index (χ3n) is 4.51. The van der Waals surface area contributed by atoms with E-state index in [9.17, 15) is 9.59 Å². The van der Waals surface area contributed by atoms with Gasteiger partial charge in [-0.25, -0.2) is 4.98 Å². The Kier molecular flexibility index (Phi) is 3.77. The second-order valence-corrected chi connectivity index (χ2v) is 7.55. The van der Waals surface area contributed by atoms with E-state index in [1.165, 1.54) is 12.8 Å². The maximum Gasteiger partial charge on any atom is 0.225 e. The molecule has 5 nitrogen and oxygen atoms in total. The zero-order chi connectivity index (χ0) is 15.8. The van der Waals surface area contributed by atoms with Crippen LogP contribution in [-0.4, -0.2) is 34.8 Å². The van der Waals surface area contributed by atoms with E-state index in [1.54, 1.807) is 11.3 Å². The molecule has 2 aromatic rings. The fourth-order valence-corrected chi connectivity index (χ4v) is 3.95. The van der Waals surface area contributed by atoms with Gasteiger partial charge in [0.05, 0.1) is 22.7 Å². The number of fused-ring (bicyclic) bond motifs is 1. The number of rotatable bonds is 5. The molecule has 1 saturated heterocycles. The summed E-state index contributed by atoms with van der Waals surface area (Å²) in [4.78, 5) is 30.7. The molecule has 1 aromatic carbocycles. The predicted molar refractivity (Wildman–Crippen MR) is 88.9 cm³/mol. The normalized spacial score (nSPS) is 21.1. The molecule has 1 unspecified atom stereocenters. The van der Waals surface area contributed by atoms with Gasteiger partial charge in [0.2, 0.25) is 11.8 Å². The van der Waals surface area contributed by atoms with Gasteiger partial charge in [0.1, 0.15) is 5.01 Å². The number of hydrogen-bond acceptors (Lipinski definition) is 4. The standard InChI is InChI=1S/C17H19N3O2S/c21-16-7-12(10-20(16)9-11-5-6-11)17(22)18-8-15-19-13-3-1-2-4-14(13)23-15/h1-4,11-12H,5-10H2,(H,18,22). The highest BCUT2D eigenvalue weighted by molar-refractivity contribution is 7.18. The van der Waals surface area contributed by atoms with E-state index >= 15 is 0 Å². The quantitative estimate of drug-likeness (QED) is 0.914. The minimum Gasteiger partial charge on any atom is -0.349 e. The molecule has 6 heteroatoms. The topological polar surface area (TPSA) is 62.3 Å². The zero-order valence-corrected chi connectivity index (χ0v) is 13.6. The lowest BCUT2D eigenvalue weighted by Crippen LogP contribution is -2.33. The first kappa shape index (κ1) is 14.6. The molecule has 120 valence electrons. The summed E-state index contributed by atoms with van der Waals surface area (Å²) < 4.78 is 1.13. The van der Waals surface area contributed by atoms with Crippen molar-refractivity contribution in [1.29, 1.82) is 0 Å². The molecule has 0 bridgehead atoms. The Morgan fingerprint density at radius 3 is 2.96 bits per heavy atom. The van der Waals surface area contributed by atoms with Crippen LogP contribution < -0.4 is 5.32 Å². The molecule has 1 N–H and O–H groups in total. The van der Waals surface area contributed by atoms with E-state index < -0.39 is 0 Å². The Labute approximate surface area is 138 Å². The van der Waals surface area contributed by atoms with Gasteiger partial charge in [0.15, 0.2) is 0 Å². The van der Waals surface area contributed by atoms with Gasteiger partial charge >= 0.3 is 0 Å². The molecule has 1 aromatic heterocycles. The zero-order valence-electron chi connectivity index (χ0n) is 12.8. The average molecular weight is 329 g/mol. The van der Waals surface area contributed by atoms with Crippen LogP contribution in [0.5, 0.6) is 0 Å². The van der Waals surface area contributed by atoms with Crippen molar-refractivity contribution in [2.45, 2.75) is 25.8 Å². The Bertz CT molecular complexity index is 720. The van der Waals surface area contributed by atoms with Gasteiger partial charge in [-0.15, -0.1) is 11.3 Å². The van der Waals surface area contributed by atoms with Crippen LogP contribution in [0, 0.1) is 11.8 Å². The minimum atomic E-state index is -0.212. The summed E-state index contributed by atoms with van der Waals surface area (Å²) in [5.74, 6) is 0.548. The highest BCUT2D eigenvalue weighted by Crippen LogP contribution is 2.32. The third-order valence-corrected chi connectivity index (χ3v) is 5.55. The average Bonchev–Trinajstić information content (AvgIpc) is 3.14. The maximum atomic E-state index is 12.3. The van der Waals surface area contributed by atoms with E-state index in [1.807, 2.05) is 29.2 Å². The molecule has 4 rings (SSSR count). The van der Waals surface area contributed by atoms with E-state index in [4.69, 9.17) is 0 Å². The smallest absolute Gasteiger partial charge is 0.225 e. The van der Waals surface area contributed by atoms with Gasteiger partial charge in [0.25, 0.3) is 0 Å². The summed E-state index contributed by atoms with van der Waals surface area (Å²) in [6.45, 7) is 1.84. The summed E-state index contributed by atoms with van der Waals surface area (Å²) in [7, 11) is 0. The van der Waals surface area contributed by atoms with Crippen LogP contribution in [0.4, 0.5) is 0 Å². The second-order valence-electron chi connectivity index (χ2n) is 6.44. The lowest BCUT2D eigenvalue weighted by atomic mass is 10.1. The number of hydrogen-bond donors (Lipinski definition) is 1. The number of amides is 2. The number of carbonyl (C=O) groups is 2. The molecule has 1 atom stereocenters. The summed E-state index contributed by atoms with van der Waals surface area (Å²) in [6.07, 6.45) is 2.79. The number of nitrogens with zero attached hydrogens (tertiary/aromatic N) is 2. The highest BCUT2D eigenvalue weighted by Gasteiger charge is 2.36. The highest BCUT2D eigenvalue weighted by atomic mass is 32.1. The van der Waals surface area contributed by atoms with Crippen LogP contribution in [0.3, 0.4) is 0 Å². The van der Waals surface area contributed by atoms with E-state index in [0.29, 0.717) is 25.4 Å². The number of para-hydroxylation sites is 1. The molecule has 1 aliphatic carbocycles. The Hall–Kier alpha value is -1.95. The first-order valence-corrected chi connectivity index (χ1v) is 8.90. The van der Waals surface area contributed by atoms with Crippen molar-refractivity contribution in [2.24, 2.45) is 11.8 Å². The van der Waals surface area contributed by atoms with Gasteiger partial charge < -0.3 is 10.2 Å². The van der Waals surface area contributed by atoms with Crippen molar-refractivity contribution in [3.05, 3.63) is 29.3 Å². The van der Waals surface area contributed by atoms with Crippen LogP contribution in [0.1, 0.15) is 24.3 Å². The van der Waals surface area contributed by atoms with Crippen LogP contribution in [-0.2, 0) is 16.1 Å². The maximum absolute atomic E-state index is 12.3. The lowest BCUT2D eigenvalue weighted by Gasteiger charge is -2.15. The number of carbonyl (C=O) groups excluding carboxylic acids is 2. The van der Waals surface area contributed by atoms with Crippen molar-refractivity contribution < 1.29 is 9.59 Å². The van der Waals surface area contributed by atoms with Crippen LogP contribution >= 0.6 is 11.3 Å². The molecule has 2 amide bonds. The Balaban J connectivity index is 1.33. The van der Waals surface area contributed by atoms with Crippen LogP contribution in [0.25, 0.3) is 10.2 Å². The number of nitrogens with one attached hydrogen (secondary N) is 1. The first-order chi connectivity index (χ1) is 11.2. The fourth-order valence-electron chi connectivity index (χ4n) is 3.04. The van der Waals surface area contributed by atoms with Gasteiger partial charge in [-0.05, 0) is 30.9 Å². The van der Waals surface area contributed by atoms with Gasteiger partial charge in [-0.2, -0.15) is 0 Å². The SMILES string of the molecule is O=C(NCc1nc2ccccc2s1)C1CC(=O)N(CC2CC2)C1. The Morgan fingerprint density at radius 2 is 2.17 bits per heavy atom. The largest absolute Gasteiger partial charge is 0.349 e. The fraction of sp³-hybridized carbons (Fsp3) is 0.471. The van der Waals surface area contributed by atoms with Crippen molar-refractivity contribution in [2.75, 3.05) is 13.1 Å². The number of aromatic nitrogens is 1. The van der Waals surface area contributed by atoms with Gasteiger partial charge in [-0.3, -0.25) is 9.59 Å². The summed E-state index contributed by atoms with van der Waals surface area (Å²) in [5.41, 5.74) is 0.966. The monoisotopic (exact) mass is 329 g/mol. The molecular weight excluding hydrogens is 310 g/mol. The van der Waals surface area contributed by atoms with Crippen molar-refractivity contribution in [1.82, 2.24) is 15.2 Å². The molecule has 23 heavy (non-hydrogen) atoms. The molecule has 2 heterocycles. The van der Waals surface area contributed by atoms with Crippen LogP contribution in [0.2, 0.25) is 0 Å². The third kappa shape index (κ3) is 3.22. The number of likely N-dealkylation sites (tertiary alicyclic amines) is 1. The van der Waals surface area contributed by atoms with Crippen molar-refractivity contribution >= 4 is 33.4 Å². The number of thiazole rings is 1. The summed E-state index contributed by atoms with van der Waals surface area (Å²) in [6, 6.07) is 7.96. The summed E-state index contributed by atoms with van der Waals surface area (Å²) >= 11 is 1.60. The van der Waals surface area contributed by atoms with Crippen LogP contribution in [0.15, 0.2) is 24.3 Å². The van der Waals surface area contributed by atoms with Crippen molar-refractivity contribution in [3.8, 4) is 0 Å². The lowest BCUT2D eigenvalue weighted by molar-refractivity contribution is -0.129. The first-order valence-electron chi connectivity index (χ1n) is 8.09. The molecule has 2 aliphatic rings. The molecule has 0 radical (unpaired) electrons. The van der Waals surface area contributed by atoms with E-state index in [0.717, 1.165) is 21.8 Å². The van der Waals surface area contributed by atoms with E-state index in [-0.39, 0.29) is 17.7 Å². The molecule has 1 saturated carbocycles. The molecule has 0 spiro atoms. The van der Waals surface area contributed by atoms with E-state index in [2.05, 4.69) is 10.3 Å². The number of benzene rings is 1. The van der Waals surface area contributed by atoms with Gasteiger partial charge in [0, 0.05) is 19.5 Å². The Morgan fingerprint density at radius 1 is 1.35 bits per heavy atom. The molecule has 1 aliphatic heterocycles. The molecule has 2 fully saturated rings. The van der Waals surface area contributed by atoms with Gasteiger partial charge in [-0.1, -0.05) is 12.1 Å². The second kappa shape index (κ2) is 5.92. The minimum absolute atomic E-state index is 0.0316. The predicted octanol–water partition coefficient (Wildman–Crippen LogP) is 2.17.